The van der Waals surface area contributed by atoms with Crippen LogP contribution in [-0.2, 0) is 4.79 Å². The Balaban J connectivity index is 2.79. The molecule has 0 atom stereocenters. The first-order chi connectivity index (χ1) is 8.70. The van der Waals surface area contributed by atoms with Gasteiger partial charge >= 0.3 is 0 Å². The summed E-state index contributed by atoms with van der Waals surface area (Å²) < 4.78 is 0.115. The smallest absolute Gasteiger partial charge is 0.234 e. The van der Waals surface area contributed by atoms with Crippen LogP contribution in [0.2, 0.25) is 0 Å². The molecule has 0 aliphatic rings. The fourth-order valence-electron chi connectivity index (χ4n) is 1.80. The summed E-state index contributed by atoms with van der Waals surface area (Å²) in [6.45, 7) is 12.7. The van der Waals surface area contributed by atoms with Crippen molar-refractivity contribution in [1.29, 1.82) is 0 Å². The maximum Gasteiger partial charge on any atom is 0.234 e. The summed E-state index contributed by atoms with van der Waals surface area (Å²) >= 11 is 1.67. The average molecular weight is 279 g/mol. The van der Waals surface area contributed by atoms with Crippen molar-refractivity contribution in [3.05, 3.63) is 29.3 Å². The monoisotopic (exact) mass is 279 g/mol. The highest BCUT2D eigenvalue weighted by Gasteiger charge is 2.15. The van der Waals surface area contributed by atoms with E-state index in [2.05, 4.69) is 46.0 Å². The van der Waals surface area contributed by atoms with Gasteiger partial charge in [-0.1, -0.05) is 52.8 Å². The van der Waals surface area contributed by atoms with E-state index in [0.29, 0.717) is 11.7 Å². The van der Waals surface area contributed by atoms with E-state index in [1.807, 2.05) is 19.1 Å². The lowest BCUT2D eigenvalue weighted by atomic mass is 9.98. The standard InChI is InChI=1S/C16H25NOS/c1-11(2)13-9-7-8-12(3)15(13)17-14(18)10-19-16(4,5)6/h7-9,11H,10H2,1-6H3,(H,17,18). The predicted molar refractivity (Wildman–Crippen MR) is 86.1 cm³/mol. The molecule has 0 unspecified atom stereocenters. The molecule has 0 aliphatic carbocycles. The van der Waals surface area contributed by atoms with Crippen molar-refractivity contribution in [2.24, 2.45) is 0 Å². The Hall–Kier alpha value is -0.960. The molecule has 106 valence electrons. The van der Waals surface area contributed by atoms with Crippen LogP contribution in [0.4, 0.5) is 5.69 Å². The Morgan fingerprint density at radius 3 is 2.47 bits per heavy atom. The van der Waals surface area contributed by atoms with Gasteiger partial charge in [-0.2, -0.15) is 0 Å². The Labute approximate surface area is 121 Å². The fraction of sp³-hybridized carbons (Fsp3) is 0.562. The zero-order valence-electron chi connectivity index (χ0n) is 12.8. The van der Waals surface area contributed by atoms with E-state index in [4.69, 9.17) is 0 Å². The number of rotatable bonds is 4. The van der Waals surface area contributed by atoms with Crippen LogP contribution in [0, 0.1) is 6.92 Å². The van der Waals surface area contributed by atoms with E-state index in [9.17, 15) is 4.79 Å². The topological polar surface area (TPSA) is 29.1 Å². The third-order valence-corrected chi connectivity index (χ3v) is 4.10. The Bertz CT molecular complexity index is 447. The maximum absolute atomic E-state index is 12.1. The van der Waals surface area contributed by atoms with Crippen LogP contribution in [0.3, 0.4) is 0 Å². The molecule has 0 radical (unpaired) electrons. The molecule has 0 saturated carbocycles. The summed E-state index contributed by atoms with van der Waals surface area (Å²) in [5.41, 5.74) is 3.31. The average Bonchev–Trinajstić information content (AvgIpc) is 2.28. The molecule has 1 aromatic carbocycles. The molecule has 0 saturated heterocycles. The molecule has 0 aromatic heterocycles. The van der Waals surface area contributed by atoms with Gasteiger partial charge in [0.25, 0.3) is 0 Å². The second kappa shape index (κ2) is 6.47. The number of benzene rings is 1. The molecular weight excluding hydrogens is 254 g/mol. The first-order valence-electron chi connectivity index (χ1n) is 6.74. The van der Waals surface area contributed by atoms with E-state index >= 15 is 0 Å². The SMILES string of the molecule is Cc1cccc(C(C)C)c1NC(=O)CSC(C)(C)C. The van der Waals surface area contributed by atoms with E-state index in [-0.39, 0.29) is 10.7 Å². The lowest BCUT2D eigenvalue weighted by molar-refractivity contribution is -0.113. The zero-order chi connectivity index (χ0) is 14.6. The summed E-state index contributed by atoms with van der Waals surface area (Å²) in [6.07, 6.45) is 0. The van der Waals surface area contributed by atoms with Crippen molar-refractivity contribution in [1.82, 2.24) is 0 Å². The number of hydrogen-bond donors (Lipinski definition) is 1. The van der Waals surface area contributed by atoms with Crippen molar-refractivity contribution < 1.29 is 4.79 Å². The highest BCUT2D eigenvalue weighted by molar-refractivity contribution is 8.01. The number of thioether (sulfide) groups is 1. The second-order valence-corrected chi connectivity index (χ2v) is 7.95. The predicted octanol–water partition coefficient (Wildman–Crippen LogP) is 4.59. The van der Waals surface area contributed by atoms with Crippen molar-refractivity contribution in [2.75, 3.05) is 11.1 Å². The van der Waals surface area contributed by atoms with Crippen LogP contribution in [0.25, 0.3) is 0 Å². The molecule has 3 heteroatoms. The number of carbonyl (C=O) groups is 1. The number of para-hydroxylation sites is 1. The normalized spacial score (nSPS) is 11.7. The van der Waals surface area contributed by atoms with Crippen LogP contribution >= 0.6 is 11.8 Å². The van der Waals surface area contributed by atoms with Crippen molar-refractivity contribution in [2.45, 2.75) is 52.2 Å². The third-order valence-electron chi connectivity index (χ3n) is 2.83. The highest BCUT2D eigenvalue weighted by atomic mass is 32.2. The third kappa shape index (κ3) is 5.27. The van der Waals surface area contributed by atoms with Gasteiger partial charge in [-0.3, -0.25) is 4.79 Å². The van der Waals surface area contributed by atoms with Gasteiger partial charge in [-0.25, -0.2) is 0 Å². The molecule has 0 aliphatic heterocycles. The van der Waals surface area contributed by atoms with Crippen molar-refractivity contribution >= 4 is 23.4 Å². The van der Waals surface area contributed by atoms with Gasteiger partial charge in [0.15, 0.2) is 0 Å². The Morgan fingerprint density at radius 1 is 1.32 bits per heavy atom. The first-order valence-corrected chi connectivity index (χ1v) is 7.72. The van der Waals surface area contributed by atoms with E-state index in [1.54, 1.807) is 11.8 Å². The van der Waals surface area contributed by atoms with Crippen LogP contribution in [-0.4, -0.2) is 16.4 Å². The molecule has 0 heterocycles. The molecule has 0 bridgehead atoms. The molecule has 0 spiro atoms. The maximum atomic E-state index is 12.1. The minimum atomic E-state index is 0.0797. The van der Waals surface area contributed by atoms with E-state index in [1.165, 1.54) is 5.56 Å². The summed E-state index contributed by atoms with van der Waals surface area (Å²) in [5, 5.41) is 3.07. The summed E-state index contributed by atoms with van der Waals surface area (Å²) in [7, 11) is 0. The highest BCUT2D eigenvalue weighted by Crippen LogP contribution is 2.28. The van der Waals surface area contributed by atoms with Crippen molar-refractivity contribution in [3.8, 4) is 0 Å². The number of amides is 1. The number of hydrogen-bond acceptors (Lipinski definition) is 2. The molecule has 2 nitrogen and oxygen atoms in total. The van der Waals surface area contributed by atoms with Crippen LogP contribution < -0.4 is 5.32 Å². The molecule has 19 heavy (non-hydrogen) atoms. The number of nitrogens with one attached hydrogen (secondary N) is 1. The largest absolute Gasteiger partial charge is 0.325 e. The van der Waals surface area contributed by atoms with Crippen LogP contribution in [0.5, 0.6) is 0 Å². The lowest BCUT2D eigenvalue weighted by Crippen LogP contribution is -2.20. The molecule has 1 aromatic rings. The molecule has 0 fully saturated rings. The molecule has 1 N–H and O–H groups in total. The van der Waals surface area contributed by atoms with Gasteiger partial charge in [-0.05, 0) is 24.0 Å². The molecule has 1 rings (SSSR count). The summed E-state index contributed by atoms with van der Waals surface area (Å²) in [4.78, 5) is 12.1. The summed E-state index contributed by atoms with van der Waals surface area (Å²) in [6, 6.07) is 6.17. The van der Waals surface area contributed by atoms with Gasteiger partial charge in [0.2, 0.25) is 5.91 Å². The van der Waals surface area contributed by atoms with Gasteiger partial charge in [0.05, 0.1) is 5.75 Å². The first kappa shape index (κ1) is 16.1. The quantitative estimate of drug-likeness (QED) is 0.873. The lowest BCUT2D eigenvalue weighted by Gasteiger charge is -2.19. The minimum absolute atomic E-state index is 0.0797. The molecule has 1 amide bonds. The van der Waals surface area contributed by atoms with Gasteiger partial charge in [-0.15, -0.1) is 11.8 Å². The number of anilines is 1. The van der Waals surface area contributed by atoms with E-state index < -0.39 is 0 Å². The minimum Gasteiger partial charge on any atom is -0.325 e. The summed E-state index contributed by atoms with van der Waals surface area (Å²) in [5.74, 6) is 0.983. The number of carbonyl (C=O) groups excluding carboxylic acids is 1. The fourth-order valence-corrected chi connectivity index (χ4v) is 2.44. The van der Waals surface area contributed by atoms with Crippen molar-refractivity contribution in [3.63, 3.8) is 0 Å². The van der Waals surface area contributed by atoms with E-state index in [0.717, 1.165) is 11.3 Å². The second-order valence-electron chi connectivity index (χ2n) is 6.14. The zero-order valence-corrected chi connectivity index (χ0v) is 13.6. The van der Waals surface area contributed by atoms with Crippen LogP contribution in [0.15, 0.2) is 18.2 Å². The molecular formula is C16H25NOS. The Morgan fingerprint density at radius 2 is 1.95 bits per heavy atom. The van der Waals surface area contributed by atoms with Gasteiger partial charge < -0.3 is 5.32 Å². The van der Waals surface area contributed by atoms with Gasteiger partial charge in [0, 0.05) is 10.4 Å². The number of aryl methyl sites for hydroxylation is 1. The van der Waals surface area contributed by atoms with Crippen LogP contribution in [0.1, 0.15) is 51.7 Å². The Kier molecular flexibility index (Phi) is 5.48. The van der Waals surface area contributed by atoms with Gasteiger partial charge in [0.1, 0.15) is 0 Å².